The van der Waals surface area contributed by atoms with Gasteiger partial charge in [-0.3, -0.25) is 4.79 Å². The summed E-state index contributed by atoms with van der Waals surface area (Å²) >= 11 is 3.20. The van der Waals surface area contributed by atoms with E-state index in [-0.39, 0.29) is 11.2 Å². The van der Waals surface area contributed by atoms with E-state index in [1.165, 1.54) is 0 Å². The molecule has 0 bridgehead atoms. The standard InChI is InChI=1S/C22H20BrN3O2/c1-3-26(4-2)14-9-10-17-19(11-14)28-20-12-18(24-21(27)13-23)15-7-5-6-8-16(15)22(20)25-17/h5-12H,3-4,13H2,1-2H3/p+1. The third kappa shape index (κ3) is 3.29. The molecule has 2 aliphatic rings. The SMILES string of the molecule is CC[N+](CC)=c1ccc2nc3c(cc(NC(=O)CBr)c4ccccc43)oc-2c1. The van der Waals surface area contributed by atoms with Gasteiger partial charge in [0.25, 0.3) is 0 Å². The molecule has 4 rings (SSSR count). The zero-order chi connectivity index (χ0) is 19.7. The number of carbonyl (C=O) groups is 1. The molecule has 1 N–H and O–H groups in total. The smallest absolute Gasteiger partial charge is 0.235 e. The van der Waals surface area contributed by atoms with Gasteiger partial charge in [0, 0.05) is 22.9 Å². The largest absolute Gasteiger partial charge is 0.452 e. The van der Waals surface area contributed by atoms with Gasteiger partial charge >= 0.3 is 0 Å². The highest BCUT2D eigenvalue weighted by atomic mass is 79.9. The van der Waals surface area contributed by atoms with Crippen LogP contribution in [0, 0.1) is 0 Å². The van der Waals surface area contributed by atoms with Crippen LogP contribution in [-0.2, 0) is 4.79 Å². The molecule has 0 radical (unpaired) electrons. The molecule has 5 nitrogen and oxygen atoms in total. The Labute approximate surface area is 171 Å². The number of hydrogen-bond acceptors (Lipinski definition) is 3. The molecular formula is C22H21BrN3O2+. The molecule has 0 spiro atoms. The summed E-state index contributed by atoms with van der Waals surface area (Å²) in [6.07, 6.45) is 0. The van der Waals surface area contributed by atoms with Crippen LogP contribution in [0.2, 0.25) is 0 Å². The lowest BCUT2D eigenvalue weighted by Crippen LogP contribution is -2.29. The number of nitrogens with zero attached hydrogens (tertiary/aromatic N) is 2. The molecule has 6 heteroatoms. The van der Waals surface area contributed by atoms with E-state index in [1.54, 1.807) is 0 Å². The first-order valence-electron chi connectivity index (χ1n) is 9.34. The van der Waals surface area contributed by atoms with Crippen molar-refractivity contribution in [1.29, 1.82) is 0 Å². The minimum absolute atomic E-state index is 0.109. The van der Waals surface area contributed by atoms with Crippen molar-refractivity contribution in [3.05, 3.63) is 53.9 Å². The van der Waals surface area contributed by atoms with Crippen LogP contribution in [0.1, 0.15) is 13.8 Å². The zero-order valence-electron chi connectivity index (χ0n) is 15.8. The fourth-order valence-electron chi connectivity index (χ4n) is 3.52. The van der Waals surface area contributed by atoms with Crippen LogP contribution in [0.5, 0.6) is 0 Å². The number of carbonyl (C=O) groups excluding carboxylic acids is 1. The van der Waals surface area contributed by atoms with Crippen LogP contribution in [0.25, 0.3) is 33.3 Å². The number of aromatic nitrogens is 1. The Kier molecular flexibility index (Phi) is 5.13. The van der Waals surface area contributed by atoms with Gasteiger partial charge in [-0.15, -0.1) is 0 Å². The summed E-state index contributed by atoms with van der Waals surface area (Å²) in [7, 11) is 0. The van der Waals surface area contributed by atoms with E-state index in [0.29, 0.717) is 5.58 Å². The Morgan fingerprint density at radius 3 is 2.57 bits per heavy atom. The number of nitrogens with one attached hydrogen (secondary N) is 1. The number of fused-ring (bicyclic) bond motifs is 4. The Morgan fingerprint density at radius 1 is 1.11 bits per heavy atom. The highest BCUT2D eigenvalue weighted by Gasteiger charge is 2.16. The van der Waals surface area contributed by atoms with Crippen molar-refractivity contribution in [3.63, 3.8) is 0 Å². The van der Waals surface area contributed by atoms with Gasteiger partial charge in [0.1, 0.15) is 24.3 Å². The van der Waals surface area contributed by atoms with E-state index in [2.05, 4.69) is 45.7 Å². The van der Waals surface area contributed by atoms with Gasteiger partial charge in [0.2, 0.25) is 11.3 Å². The Balaban J connectivity index is 2.03. The Hall–Kier alpha value is -2.73. The lowest BCUT2D eigenvalue weighted by atomic mass is 10.1. The molecule has 0 fully saturated rings. The average molecular weight is 439 g/mol. The number of rotatable bonds is 4. The van der Waals surface area contributed by atoms with Crippen molar-refractivity contribution in [2.24, 2.45) is 0 Å². The molecule has 1 aliphatic carbocycles. The van der Waals surface area contributed by atoms with Gasteiger partial charge in [-0.2, -0.15) is 0 Å². The maximum atomic E-state index is 11.9. The summed E-state index contributed by atoms with van der Waals surface area (Å²) in [6.45, 7) is 6.12. The van der Waals surface area contributed by atoms with Crippen molar-refractivity contribution in [1.82, 2.24) is 9.56 Å². The first-order valence-corrected chi connectivity index (χ1v) is 10.5. The second kappa shape index (κ2) is 7.72. The highest BCUT2D eigenvalue weighted by Crippen LogP contribution is 2.34. The van der Waals surface area contributed by atoms with Crippen LogP contribution in [-0.4, -0.2) is 29.3 Å². The second-order valence-corrected chi connectivity index (χ2v) is 7.10. The molecule has 0 atom stereocenters. The van der Waals surface area contributed by atoms with Gasteiger partial charge in [0.05, 0.1) is 17.1 Å². The Morgan fingerprint density at radius 2 is 1.86 bits per heavy atom. The van der Waals surface area contributed by atoms with Crippen LogP contribution < -0.4 is 15.2 Å². The van der Waals surface area contributed by atoms with E-state index in [1.807, 2.05) is 42.5 Å². The van der Waals surface area contributed by atoms with Gasteiger partial charge in [-0.05, 0) is 19.9 Å². The first kappa shape index (κ1) is 18.6. The number of alkyl halides is 1. The van der Waals surface area contributed by atoms with Crippen molar-refractivity contribution >= 4 is 49.4 Å². The molecule has 1 heterocycles. The molecular weight excluding hydrogens is 418 g/mol. The quantitative estimate of drug-likeness (QED) is 0.224. The lowest BCUT2D eigenvalue weighted by Gasteiger charge is -2.12. The number of benzene rings is 3. The lowest BCUT2D eigenvalue weighted by molar-refractivity contribution is -0.113. The third-order valence-corrected chi connectivity index (χ3v) is 5.41. The molecule has 2 aromatic rings. The third-order valence-electron chi connectivity index (χ3n) is 4.90. The van der Waals surface area contributed by atoms with Gasteiger partial charge in [-0.25, -0.2) is 9.56 Å². The molecule has 1 aliphatic heterocycles. The zero-order valence-corrected chi connectivity index (χ0v) is 17.4. The van der Waals surface area contributed by atoms with E-state index in [0.717, 1.165) is 51.9 Å². The maximum Gasteiger partial charge on any atom is 0.235 e. The van der Waals surface area contributed by atoms with Crippen LogP contribution in [0.15, 0.2) is 52.9 Å². The van der Waals surface area contributed by atoms with E-state index >= 15 is 0 Å². The maximum absolute atomic E-state index is 11.9. The number of hydrogen-bond donors (Lipinski definition) is 1. The molecule has 142 valence electrons. The summed E-state index contributed by atoms with van der Waals surface area (Å²) in [5.41, 5.74) is 2.96. The predicted octanol–water partition coefficient (Wildman–Crippen LogP) is 4.23. The topological polar surface area (TPSA) is 58.1 Å². The van der Waals surface area contributed by atoms with Crippen molar-refractivity contribution in [2.45, 2.75) is 13.8 Å². The number of anilines is 1. The Bertz CT molecular complexity index is 1220. The highest BCUT2D eigenvalue weighted by molar-refractivity contribution is 9.09. The van der Waals surface area contributed by atoms with E-state index in [4.69, 9.17) is 9.40 Å². The average Bonchev–Trinajstić information content (AvgIpc) is 2.73. The summed E-state index contributed by atoms with van der Waals surface area (Å²) < 4.78 is 8.50. The molecule has 0 unspecified atom stereocenters. The van der Waals surface area contributed by atoms with Crippen LogP contribution >= 0.6 is 15.9 Å². The summed E-state index contributed by atoms with van der Waals surface area (Å²) in [6, 6.07) is 15.9. The number of halogens is 1. The summed E-state index contributed by atoms with van der Waals surface area (Å²) in [5.74, 6) is 0.618. The normalized spacial score (nSPS) is 11.2. The van der Waals surface area contributed by atoms with Gasteiger partial charge in [0.15, 0.2) is 11.3 Å². The molecule has 0 aromatic heterocycles. The predicted molar refractivity (Wildman–Crippen MR) is 117 cm³/mol. The van der Waals surface area contributed by atoms with Gasteiger partial charge in [-0.1, -0.05) is 40.2 Å². The van der Waals surface area contributed by atoms with Crippen molar-refractivity contribution in [2.75, 3.05) is 23.7 Å². The van der Waals surface area contributed by atoms with E-state index in [9.17, 15) is 4.79 Å². The molecule has 0 saturated carbocycles. The summed E-state index contributed by atoms with van der Waals surface area (Å²) in [4.78, 5) is 16.8. The number of amides is 1. The van der Waals surface area contributed by atoms with E-state index < -0.39 is 0 Å². The fraction of sp³-hybridized carbons (Fsp3) is 0.227. The molecule has 28 heavy (non-hydrogen) atoms. The van der Waals surface area contributed by atoms with Crippen molar-refractivity contribution in [3.8, 4) is 11.5 Å². The minimum atomic E-state index is -0.109. The minimum Gasteiger partial charge on any atom is -0.452 e. The first-order chi connectivity index (χ1) is 13.6. The molecule has 0 saturated heterocycles. The fourth-order valence-corrected chi connectivity index (χ4v) is 3.66. The van der Waals surface area contributed by atoms with Crippen LogP contribution in [0.4, 0.5) is 5.69 Å². The second-order valence-electron chi connectivity index (χ2n) is 6.54. The summed E-state index contributed by atoms with van der Waals surface area (Å²) in [5, 5.41) is 6.17. The monoisotopic (exact) mass is 438 g/mol. The van der Waals surface area contributed by atoms with Gasteiger partial charge < -0.3 is 9.73 Å². The molecule has 1 amide bonds. The van der Waals surface area contributed by atoms with Crippen molar-refractivity contribution < 1.29 is 9.21 Å². The van der Waals surface area contributed by atoms with Crippen LogP contribution in [0.3, 0.4) is 0 Å². The molecule has 2 aromatic carbocycles.